The molecule has 0 aromatic heterocycles. The molecule has 2 heteroatoms. The molecule has 3 rings (SSSR count). The topological polar surface area (TPSA) is 0 Å². The first-order chi connectivity index (χ1) is 12.3. The summed E-state index contributed by atoms with van der Waals surface area (Å²) in [6.07, 6.45) is 0. The molecule has 0 saturated carbocycles. The van der Waals surface area contributed by atoms with E-state index in [0.29, 0.717) is 0 Å². The third-order valence-corrected chi connectivity index (χ3v) is 5.78. The largest absolute Gasteiger partial charge is 0.334 e. The van der Waals surface area contributed by atoms with Crippen LogP contribution in [0.25, 0.3) is 22.3 Å². The number of benzene rings is 3. The Morgan fingerprint density at radius 3 is 1.27 bits per heavy atom. The molecule has 0 spiro atoms. The highest BCUT2D eigenvalue weighted by Gasteiger charge is 2.18. The lowest BCUT2D eigenvalue weighted by atomic mass is 9.89. The molecule has 0 unspecified atom stereocenters. The Kier molecular flexibility index (Phi) is 5.15. The van der Waals surface area contributed by atoms with E-state index in [-0.39, 0.29) is 0 Å². The quantitative estimate of drug-likeness (QED) is 0.392. The minimum Gasteiger partial charge on any atom is -0.308 e. The van der Waals surface area contributed by atoms with Crippen molar-refractivity contribution in [2.24, 2.45) is 0 Å². The van der Waals surface area contributed by atoms with E-state index in [0.717, 1.165) is 16.3 Å². The zero-order chi connectivity index (χ0) is 19.0. The highest BCUT2D eigenvalue weighted by atomic mass is 28.3. The summed E-state index contributed by atoms with van der Waals surface area (Å²) >= 11 is 0. The Hall–Kier alpha value is -2.19. The summed E-state index contributed by atoms with van der Waals surface area (Å²) in [5, 5.41) is 0.817. The van der Waals surface area contributed by atoms with Crippen molar-refractivity contribution in [3.05, 3.63) is 75.8 Å². The van der Waals surface area contributed by atoms with Gasteiger partial charge in [-0.15, -0.1) is 0 Å². The van der Waals surface area contributed by atoms with Crippen molar-refractivity contribution in [3.8, 4) is 22.3 Å². The van der Waals surface area contributed by atoms with Gasteiger partial charge in [-0.25, -0.2) is 0 Å². The summed E-state index contributed by atoms with van der Waals surface area (Å²) in [7, 11) is -0.741. The van der Waals surface area contributed by atoms with E-state index in [1.54, 1.807) is 0 Å². The Labute approximate surface area is 159 Å². The van der Waals surface area contributed by atoms with Gasteiger partial charge in [-0.3, -0.25) is 0 Å². The van der Waals surface area contributed by atoms with Crippen LogP contribution in [0.2, 0.25) is 0 Å². The first-order valence-electron chi connectivity index (χ1n) is 8.99. The average molecular weight is 361 g/mol. The van der Waals surface area contributed by atoms with Gasteiger partial charge < -0.3 is 4.11 Å². The third kappa shape index (κ3) is 3.26. The van der Waals surface area contributed by atoms with Gasteiger partial charge in [0.25, 0.3) is 0 Å². The molecule has 2 radical (unpaired) electrons. The van der Waals surface area contributed by atoms with E-state index in [4.69, 9.17) is 0 Å². The second kappa shape index (κ2) is 7.20. The fourth-order valence-electron chi connectivity index (χ4n) is 4.28. The van der Waals surface area contributed by atoms with Crippen LogP contribution in [0.3, 0.4) is 0 Å². The van der Waals surface area contributed by atoms with Crippen molar-refractivity contribution in [3.63, 3.8) is 0 Å². The van der Waals surface area contributed by atoms with Gasteiger partial charge in [-0.05, 0) is 91.2 Å². The number of aryl methyl sites for hydroxylation is 6. The van der Waals surface area contributed by atoms with Gasteiger partial charge in [0.15, 0.2) is 0 Å². The maximum Gasteiger partial charge on any atom is 0.334 e. The average Bonchev–Trinajstić information content (AvgIpc) is 2.53. The zero-order valence-corrected chi connectivity index (χ0v) is 17.4. The first-order valence-corrected chi connectivity index (χ1v) is 9.87. The van der Waals surface area contributed by atoms with E-state index in [1.807, 2.05) is 0 Å². The van der Waals surface area contributed by atoms with Crippen LogP contribution >= 0.6 is 0 Å². The molecule has 0 amide bonds. The van der Waals surface area contributed by atoms with Crippen LogP contribution in [-0.2, 0) is 0 Å². The van der Waals surface area contributed by atoms with Crippen molar-refractivity contribution in [1.82, 2.24) is 0 Å². The Morgan fingerprint density at radius 1 is 0.615 bits per heavy atom. The molecule has 0 saturated heterocycles. The normalized spacial score (nSPS) is 11.0. The minimum absolute atomic E-state index is 0.741. The van der Waals surface area contributed by atoms with Crippen LogP contribution < -0.4 is 5.19 Å². The summed E-state index contributed by atoms with van der Waals surface area (Å²) in [6.45, 7) is 12.7. The second-order valence-corrected chi connectivity index (χ2v) is 8.06. The lowest BCUT2D eigenvalue weighted by Gasteiger charge is -2.19. The maximum atomic E-state index is 14.3. The number of halogens is 1. The van der Waals surface area contributed by atoms with Gasteiger partial charge in [0.1, 0.15) is 0 Å². The molecule has 3 aromatic rings. The van der Waals surface area contributed by atoms with Crippen LogP contribution in [0.5, 0.6) is 0 Å². The van der Waals surface area contributed by atoms with Gasteiger partial charge in [0.2, 0.25) is 0 Å². The fourth-order valence-corrected chi connectivity index (χ4v) is 4.90. The lowest BCUT2D eigenvalue weighted by molar-refractivity contribution is 0.885. The highest BCUT2D eigenvalue weighted by molar-refractivity contribution is 6.51. The van der Waals surface area contributed by atoms with Crippen molar-refractivity contribution in [2.75, 3.05) is 0 Å². The third-order valence-electron chi connectivity index (χ3n) is 5.05. The smallest absolute Gasteiger partial charge is 0.308 e. The molecular formula is C24H25FSi. The molecule has 0 aliphatic rings. The molecule has 3 aromatic carbocycles. The molecular weight excluding hydrogens is 335 g/mol. The molecule has 0 atom stereocenters. The summed E-state index contributed by atoms with van der Waals surface area (Å²) < 4.78 is 14.3. The van der Waals surface area contributed by atoms with E-state index in [2.05, 4.69) is 84.0 Å². The SMILES string of the molecule is Cc1cc(C)c(-c2cccc(-c3c(C)cc(C)cc3C)c2[Si]F)c(C)c1. The van der Waals surface area contributed by atoms with Gasteiger partial charge >= 0.3 is 9.85 Å². The van der Waals surface area contributed by atoms with E-state index < -0.39 is 9.85 Å². The van der Waals surface area contributed by atoms with Gasteiger partial charge in [-0.2, -0.15) is 0 Å². The molecule has 0 aliphatic heterocycles. The second-order valence-electron chi connectivity index (χ2n) is 7.37. The summed E-state index contributed by atoms with van der Waals surface area (Å²) in [5.41, 5.74) is 11.7. The fraction of sp³-hybridized carbons (Fsp3) is 0.250. The molecule has 0 N–H and O–H groups in total. The molecule has 0 aliphatic carbocycles. The standard InChI is InChI=1S/C24H25FSi/c1-14-10-16(3)22(17(4)11-14)20-8-7-9-21(24(20)26-25)23-18(5)12-15(2)13-19(23)6/h7-13H,1-6H3. The van der Waals surface area contributed by atoms with Crippen LogP contribution in [0.1, 0.15) is 33.4 Å². The van der Waals surface area contributed by atoms with Crippen LogP contribution in [-0.4, -0.2) is 9.85 Å². The number of hydrogen-bond acceptors (Lipinski definition) is 0. The van der Waals surface area contributed by atoms with Crippen LogP contribution in [0, 0.1) is 41.5 Å². The lowest BCUT2D eigenvalue weighted by Crippen LogP contribution is -2.18. The summed E-state index contributed by atoms with van der Waals surface area (Å²) in [4.78, 5) is 0. The van der Waals surface area contributed by atoms with E-state index in [9.17, 15) is 4.11 Å². The minimum atomic E-state index is -0.741. The van der Waals surface area contributed by atoms with E-state index in [1.165, 1.54) is 44.5 Å². The predicted octanol–water partition coefficient (Wildman–Crippen LogP) is 6.09. The van der Waals surface area contributed by atoms with Crippen LogP contribution in [0.15, 0.2) is 42.5 Å². The van der Waals surface area contributed by atoms with Crippen molar-refractivity contribution in [1.29, 1.82) is 0 Å². The monoisotopic (exact) mass is 360 g/mol. The molecule has 0 bridgehead atoms. The number of hydrogen-bond donors (Lipinski definition) is 0. The van der Waals surface area contributed by atoms with Gasteiger partial charge in [-0.1, -0.05) is 53.6 Å². The number of rotatable bonds is 3. The Bertz CT molecular complexity index is 864. The van der Waals surface area contributed by atoms with Gasteiger partial charge in [0.05, 0.1) is 0 Å². The molecule has 132 valence electrons. The zero-order valence-electron chi connectivity index (χ0n) is 16.4. The van der Waals surface area contributed by atoms with Crippen molar-refractivity contribution >= 4 is 15.0 Å². The van der Waals surface area contributed by atoms with Gasteiger partial charge in [0, 0.05) is 0 Å². The first kappa shape index (κ1) is 18.6. The molecule has 0 nitrogen and oxygen atoms in total. The van der Waals surface area contributed by atoms with Crippen molar-refractivity contribution < 1.29 is 4.11 Å². The Balaban J connectivity index is 2.32. The highest BCUT2D eigenvalue weighted by Crippen LogP contribution is 2.33. The maximum absolute atomic E-state index is 14.3. The molecule has 0 heterocycles. The predicted molar refractivity (Wildman–Crippen MR) is 112 cm³/mol. The summed E-state index contributed by atoms with van der Waals surface area (Å²) in [6, 6.07) is 14.9. The van der Waals surface area contributed by atoms with E-state index >= 15 is 0 Å². The summed E-state index contributed by atoms with van der Waals surface area (Å²) in [5.74, 6) is 0. The molecule has 0 fully saturated rings. The Morgan fingerprint density at radius 2 is 0.962 bits per heavy atom. The van der Waals surface area contributed by atoms with Crippen LogP contribution in [0.4, 0.5) is 4.11 Å². The van der Waals surface area contributed by atoms with Crippen molar-refractivity contribution in [2.45, 2.75) is 41.5 Å². The molecule has 26 heavy (non-hydrogen) atoms.